The van der Waals surface area contributed by atoms with E-state index in [4.69, 9.17) is 4.89 Å². The van der Waals surface area contributed by atoms with Gasteiger partial charge in [-0.25, -0.2) is 4.57 Å². The smallest absolute Gasteiger partial charge is 0.404 e. The van der Waals surface area contributed by atoms with Crippen LogP contribution in [0.5, 0.6) is 5.75 Å². The second-order valence-electron chi connectivity index (χ2n) is 3.57. The maximum atomic E-state index is 12.5. The number of phosphoric ester groups is 1. The molecule has 1 N–H and O–H groups in total. The molecule has 0 heterocycles. The summed E-state index contributed by atoms with van der Waals surface area (Å²) in [6.45, 7) is 2.91. The number of alkyl halides is 6. The first-order valence-corrected chi connectivity index (χ1v) is 6.46. The van der Waals surface area contributed by atoms with E-state index in [2.05, 4.69) is 15.6 Å². The molecule has 11 heteroatoms. The summed E-state index contributed by atoms with van der Waals surface area (Å²) < 4.78 is 94.4. The molecule has 118 valence electrons. The van der Waals surface area contributed by atoms with Gasteiger partial charge in [0.1, 0.15) is 5.75 Å². The number of hydrogen-bond donors (Lipinski definition) is 1. The Bertz CT molecular complexity index is 548. The van der Waals surface area contributed by atoms with E-state index < -0.39 is 37.1 Å². The van der Waals surface area contributed by atoms with Crippen LogP contribution in [0.3, 0.4) is 0 Å². The van der Waals surface area contributed by atoms with Crippen molar-refractivity contribution in [2.45, 2.75) is 12.4 Å². The molecule has 4 nitrogen and oxygen atoms in total. The molecule has 0 saturated heterocycles. The van der Waals surface area contributed by atoms with E-state index >= 15 is 0 Å². The van der Waals surface area contributed by atoms with Crippen molar-refractivity contribution in [1.82, 2.24) is 0 Å². The van der Waals surface area contributed by atoms with Crippen molar-refractivity contribution in [2.24, 2.45) is 0 Å². The molecule has 0 aliphatic heterocycles. The van der Waals surface area contributed by atoms with Crippen LogP contribution in [0.15, 0.2) is 31.0 Å². The van der Waals surface area contributed by atoms with Gasteiger partial charge in [-0.15, -0.1) is 0 Å². The number of halogens is 6. The van der Waals surface area contributed by atoms with Crippen LogP contribution in [0.25, 0.3) is 0 Å². The Morgan fingerprint density at radius 3 is 1.81 bits per heavy atom. The van der Waals surface area contributed by atoms with Crippen molar-refractivity contribution in [1.29, 1.82) is 0 Å². The molecule has 0 saturated carbocycles. The minimum absolute atomic E-state index is 0.143. The van der Waals surface area contributed by atoms with E-state index in [1.54, 1.807) is 0 Å². The minimum Gasteiger partial charge on any atom is -0.404 e. The summed E-state index contributed by atoms with van der Waals surface area (Å²) in [7, 11) is -4.91. The highest BCUT2D eigenvalue weighted by Gasteiger charge is 2.38. The highest BCUT2D eigenvalue weighted by atomic mass is 31.2. The van der Waals surface area contributed by atoms with Gasteiger partial charge in [-0.05, 0) is 18.2 Å². The first-order chi connectivity index (χ1) is 9.35. The van der Waals surface area contributed by atoms with Crippen molar-refractivity contribution in [3.8, 4) is 5.75 Å². The van der Waals surface area contributed by atoms with E-state index in [0.29, 0.717) is 6.26 Å². The molecular weight excluding hydrogens is 329 g/mol. The summed E-state index contributed by atoms with van der Waals surface area (Å²) in [6.07, 6.45) is -9.74. The lowest BCUT2D eigenvalue weighted by Crippen LogP contribution is -2.11. The fourth-order valence-corrected chi connectivity index (χ4v) is 1.83. The Morgan fingerprint density at radius 2 is 1.48 bits per heavy atom. The fourth-order valence-electron chi connectivity index (χ4n) is 1.23. The zero-order valence-corrected chi connectivity index (χ0v) is 10.8. The average Bonchev–Trinajstić information content (AvgIpc) is 2.25. The van der Waals surface area contributed by atoms with Crippen molar-refractivity contribution >= 4 is 7.82 Å². The number of hydrogen-bond acceptors (Lipinski definition) is 3. The second-order valence-corrected chi connectivity index (χ2v) is 4.90. The van der Waals surface area contributed by atoms with Crippen molar-refractivity contribution in [2.75, 3.05) is 0 Å². The molecule has 0 aromatic heterocycles. The van der Waals surface area contributed by atoms with Crippen molar-refractivity contribution in [3.05, 3.63) is 42.2 Å². The molecule has 0 aliphatic rings. The predicted octanol–water partition coefficient (Wildman–Crippen LogP) is 4.36. The van der Waals surface area contributed by atoms with Gasteiger partial charge >= 0.3 is 20.2 Å². The topological polar surface area (TPSA) is 55.8 Å². The van der Waals surface area contributed by atoms with Gasteiger partial charge in [-0.3, -0.25) is 4.89 Å². The van der Waals surface area contributed by atoms with E-state index in [1.807, 2.05) is 0 Å². The lowest BCUT2D eigenvalue weighted by molar-refractivity contribution is -0.143. The molecule has 0 aliphatic carbocycles. The molecule has 1 aromatic carbocycles. The van der Waals surface area contributed by atoms with E-state index in [0.717, 1.165) is 0 Å². The summed E-state index contributed by atoms with van der Waals surface area (Å²) in [4.78, 5) is 9.03. The minimum atomic E-state index is -5.10. The largest absolute Gasteiger partial charge is 0.584 e. The molecule has 0 amide bonds. The second kappa shape index (κ2) is 5.61. The fraction of sp³-hybridized carbons (Fsp3) is 0.200. The molecule has 0 fully saturated rings. The molecule has 0 radical (unpaired) electrons. The molecule has 1 atom stereocenters. The van der Waals surface area contributed by atoms with Crippen LogP contribution in [0.2, 0.25) is 0 Å². The van der Waals surface area contributed by atoms with Gasteiger partial charge in [-0.1, -0.05) is 6.58 Å². The van der Waals surface area contributed by atoms with Gasteiger partial charge in [0.15, 0.2) is 0 Å². The third-order valence-electron chi connectivity index (χ3n) is 1.99. The van der Waals surface area contributed by atoms with Crippen LogP contribution in [0.1, 0.15) is 11.1 Å². The SMILES string of the molecule is C=COP(=O)(O)Oc1cc(C(F)(F)F)cc(C(F)(F)F)c1. The Kier molecular flexibility index (Phi) is 4.64. The molecular formula is C10H7F6O4P. The van der Waals surface area contributed by atoms with Crippen molar-refractivity contribution in [3.63, 3.8) is 0 Å². The third-order valence-corrected chi connectivity index (χ3v) is 2.85. The van der Waals surface area contributed by atoms with Gasteiger partial charge in [0.05, 0.1) is 17.4 Å². The highest BCUT2D eigenvalue weighted by Crippen LogP contribution is 2.46. The molecule has 21 heavy (non-hydrogen) atoms. The molecule has 1 unspecified atom stereocenters. The van der Waals surface area contributed by atoms with Crippen LogP contribution < -0.4 is 4.52 Å². The van der Waals surface area contributed by atoms with E-state index in [1.165, 1.54) is 0 Å². The van der Waals surface area contributed by atoms with Crippen LogP contribution in [0, 0.1) is 0 Å². The summed E-state index contributed by atoms with van der Waals surface area (Å²) in [6, 6.07) is 0.138. The van der Waals surface area contributed by atoms with Gasteiger partial charge in [0.2, 0.25) is 0 Å². The quantitative estimate of drug-likeness (QED) is 0.504. The Morgan fingerprint density at radius 1 is 1.05 bits per heavy atom. The number of rotatable bonds is 4. The zero-order valence-electron chi connectivity index (χ0n) is 9.90. The zero-order chi connectivity index (χ0) is 16.5. The third kappa shape index (κ3) is 4.98. The number of phosphoric acid groups is 1. The van der Waals surface area contributed by atoms with Crippen molar-refractivity contribution < 1.29 is 44.8 Å². The maximum absolute atomic E-state index is 12.5. The molecule has 0 spiro atoms. The van der Waals surface area contributed by atoms with Crippen LogP contribution in [-0.4, -0.2) is 4.89 Å². The normalized spacial score (nSPS) is 15.2. The first kappa shape index (κ1) is 17.4. The predicted molar refractivity (Wildman–Crippen MR) is 58.2 cm³/mol. The average molecular weight is 336 g/mol. The van der Waals surface area contributed by atoms with Gasteiger partial charge < -0.3 is 9.05 Å². The lowest BCUT2D eigenvalue weighted by atomic mass is 10.1. The summed E-state index contributed by atoms with van der Waals surface area (Å²) in [5.41, 5.74) is -3.38. The standard InChI is InChI=1S/C10H7F6O4P/c1-2-19-21(17,18)20-8-4-6(9(11,12)13)3-7(5-8)10(14,15)16/h2-5H,1H2,(H,17,18). The van der Waals surface area contributed by atoms with Crippen LogP contribution in [0.4, 0.5) is 26.3 Å². The molecule has 1 rings (SSSR count). The summed E-state index contributed by atoms with van der Waals surface area (Å²) in [5, 5.41) is 0. The van der Waals surface area contributed by atoms with Gasteiger partial charge in [0, 0.05) is 0 Å². The Labute approximate surface area is 114 Å². The first-order valence-electron chi connectivity index (χ1n) is 4.96. The summed E-state index contributed by atoms with van der Waals surface area (Å²) >= 11 is 0. The van der Waals surface area contributed by atoms with Crippen LogP contribution in [-0.2, 0) is 21.4 Å². The monoisotopic (exact) mass is 336 g/mol. The number of benzene rings is 1. The van der Waals surface area contributed by atoms with Crippen LogP contribution >= 0.6 is 7.82 Å². The van der Waals surface area contributed by atoms with Gasteiger partial charge in [0.25, 0.3) is 0 Å². The van der Waals surface area contributed by atoms with Gasteiger partial charge in [-0.2, -0.15) is 26.3 Å². The molecule has 1 aromatic rings. The highest BCUT2D eigenvalue weighted by molar-refractivity contribution is 7.47. The summed E-state index contributed by atoms with van der Waals surface area (Å²) in [5.74, 6) is -1.12. The van der Waals surface area contributed by atoms with E-state index in [9.17, 15) is 30.9 Å². The lowest BCUT2D eigenvalue weighted by Gasteiger charge is -2.16. The molecule has 0 bridgehead atoms. The Balaban J connectivity index is 3.33. The Hall–Kier alpha value is -1.67. The maximum Gasteiger partial charge on any atom is 0.584 e. The van der Waals surface area contributed by atoms with E-state index in [-0.39, 0.29) is 18.2 Å².